The van der Waals surface area contributed by atoms with Crippen molar-refractivity contribution in [3.63, 3.8) is 0 Å². The highest BCUT2D eigenvalue weighted by Gasteiger charge is 2.41. The van der Waals surface area contributed by atoms with Gasteiger partial charge in [0.05, 0.1) is 5.69 Å². The number of carboxylic acid groups (broad SMARTS) is 1. The van der Waals surface area contributed by atoms with Gasteiger partial charge in [0.15, 0.2) is 0 Å². The number of nitrogens with zero attached hydrogens (tertiary/aromatic N) is 3. The van der Waals surface area contributed by atoms with E-state index in [0.29, 0.717) is 12.8 Å². The summed E-state index contributed by atoms with van der Waals surface area (Å²) in [6.45, 7) is 0. The highest BCUT2D eigenvalue weighted by atomic mass is 16.4. The van der Waals surface area contributed by atoms with E-state index >= 15 is 0 Å². The molecule has 1 fully saturated rings. The fourth-order valence-electron chi connectivity index (χ4n) is 2.89. The predicted octanol–water partition coefficient (Wildman–Crippen LogP) is 1.78. The third-order valence-corrected chi connectivity index (χ3v) is 4.18. The molecule has 1 aliphatic rings. The van der Waals surface area contributed by atoms with E-state index in [0.717, 1.165) is 24.9 Å². The van der Waals surface area contributed by atoms with Crippen molar-refractivity contribution in [2.24, 2.45) is 0 Å². The zero-order chi connectivity index (χ0) is 16.3. The van der Waals surface area contributed by atoms with Gasteiger partial charge in [0, 0.05) is 0 Å². The molecule has 1 saturated carbocycles. The van der Waals surface area contributed by atoms with Crippen LogP contribution in [-0.4, -0.2) is 37.3 Å². The molecule has 2 aromatic rings. The minimum Gasteiger partial charge on any atom is -0.480 e. The monoisotopic (exact) mass is 314 g/mol. The molecule has 0 saturated heterocycles. The molecule has 1 amide bonds. The number of aromatic nitrogens is 3. The molecule has 7 nitrogen and oxygen atoms in total. The summed E-state index contributed by atoms with van der Waals surface area (Å²) in [4.78, 5) is 28.0. The number of carbonyl (C=O) groups is 2. The third-order valence-electron chi connectivity index (χ3n) is 4.18. The van der Waals surface area contributed by atoms with Crippen molar-refractivity contribution >= 4 is 11.9 Å². The second kappa shape index (κ2) is 6.20. The van der Waals surface area contributed by atoms with Gasteiger partial charge < -0.3 is 10.4 Å². The zero-order valence-electron chi connectivity index (χ0n) is 12.6. The molecule has 0 unspecified atom stereocenters. The standard InChI is InChI=1S/C16H18N4O3/c21-14(18-16(15(22)23)9-5-2-6-10-16)13-17-11-20(19-13)12-7-3-1-4-8-12/h1,3-4,7-8,11H,2,5-6,9-10H2,(H,18,21)(H,22,23). The Morgan fingerprint density at radius 2 is 1.83 bits per heavy atom. The summed E-state index contributed by atoms with van der Waals surface area (Å²) < 4.78 is 1.49. The SMILES string of the molecule is O=C(NC1(C(=O)O)CCCCC1)c1ncn(-c2ccccc2)n1. The molecule has 23 heavy (non-hydrogen) atoms. The summed E-state index contributed by atoms with van der Waals surface area (Å²) in [5.74, 6) is -1.57. The Balaban J connectivity index is 1.78. The molecule has 3 rings (SSSR count). The van der Waals surface area contributed by atoms with E-state index in [9.17, 15) is 14.7 Å². The number of hydrogen-bond donors (Lipinski definition) is 2. The molecule has 1 aromatic carbocycles. The normalized spacial score (nSPS) is 16.7. The molecule has 1 aliphatic carbocycles. The average molecular weight is 314 g/mol. The number of rotatable bonds is 4. The quantitative estimate of drug-likeness (QED) is 0.896. The van der Waals surface area contributed by atoms with Crippen LogP contribution >= 0.6 is 0 Å². The summed E-state index contributed by atoms with van der Waals surface area (Å²) in [6, 6.07) is 9.29. The maximum atomic E-state index is 12.4. The van der Waals surface area contributed by atoms with E-state index in [-0.39, 0.29) is 5.82 Å². The summed E-state index contributed by atoms with van der Waals surface area (Å²) in [5.41, 5.74) is -0.419. The lowest BCUT2D eigenvalue weighted by Crippen LogP contribution is -2.55. The number of benzene rings is 1. The van der Waals surface area contributed by atoms with Crippen LogP contribution in [0.3, 0.4) is 0 Å². The third kappa shape index (κ3) is 3.08. The average Bonchev–Trinajstić information content (AvgIpc) is 3.06. The number of amides is 1. The minimum atomic E-state index is -1.20. The van der Waals surface area contributed by atoms with E-state index in [1.54, 1.807) is 0 Å². The highest BCUT2D eigenvalue weighted by Crippen LogP contribution is 2.28. The van der Waals surface area contributed by atoms with Crippen LogP contribution in [0, 0.1) is 0 Å². The summed E-state index contributed by atoms with van der Waals surface area (Å²) in [5, 5.41) is 16.3. The highest BCUT2D eigenvalue weighted by molar-refractivity contribution is 5.95. The van der Waals surface area contributed by atoms with Gasteiger partial charge in [-0.2, -0.15) is 0 Å². The van der Waals surface area contributed by atoms with E-state index < -0.39 is 17.4 Å². The second-order valence-electron chi connectivity index (χ2n) is 5.75. The van der Waals surface area contributed by atoms with Gasteiger partial charge in [-0.15, -0.1) is 5.10 Å². The molecule has 120 valence electrons. The van der Waals surface area contributed by atoms with Crippen LogP contribution in [0.15, 0.2) is 36.7 Å². The summed E-state index contributed by atoms with van der Waals surface area (Å²) in [6.07, 6.45) is 4.89. The van der Waals surface area contributed by atoms with Crippen molar-refractivity contribution in [1.29, 1.82) is 0 Å². The van der Waals surface area contributed by atoms with Crippen molar-refractivity contribution < 1.29 is 14.7 Å². The van der Waals surface area contributed by atoms with Crippen molar-refractivity contribution in [2.45, 2.75) is 37.6 Å². The first kappa shape index (κ1) is 15.2. The van der Waals surface area contributed by atoms with Crippen LogP contribution in [0.25, 0.3) is 5.69 Å². The van der Waals surface area contributed by atoms with Gasteiger partial charge in [-0.05, 0) is 25.0 Å². The molecule has 2 N–H and O–H groups in total. The van der Waals surface area contributed by atoms with Crippen LogP contribution in [0.1, 0.15) is 42.7 Å². The molecule has 1 aromatic heterocycles. The Hall–Kier alpha value is -2.70. The number of aliphatic carboxylic acids is 1. The van der Waals surface area contributed by atoms with Crippen molar-refractivity contribution in [2.75, 3.05) is 0 Å². The molecule has 1 heterocycles. The lowest BCUT2D eigenvalue weighted by Gasteiger charge is -2.33. The molecule has 0 atom stereocenters. The predicted molar refractivity (Wildman–Crippen MR) is 82.3 cm³/mol. The smallest absolute Gasteiger partial charge is 0.329 e. The van der Waals surface area contributed by atoms with Crippen LogP contribution in [0.2, 0.25) is 0 Å². The fraction of sp³-hybridized carbons (Fsp3) is 0.375. The van der Waals surface area contributed by atoms with Crippen LogP contribution < -0.4 is 5.32 Å². The molecule has 0 aliphatic heterocycles. The first-order valence-corrected chi connectivity index (χ1v) is 7.64. The molecule has 0 spiro atoms. The van der Waals surface area contributed by atoms with E-state index in [1.165, 1.54) is 11.0 Å². The van der Waals surface area contributed by atoms with Gasteiger partial charge in [-0.25, -0.2) is 14.5 Å². The van der Waals surface area contributed by atoms with Gasteiger partial charge in [0.2, 0.25) is 5.82 Å². The Morgan fingerprint density at radius 3 is 2.48 bits per heavy atom. The lowest BCUT2D eigenvalue weighted by atomic mass is 9.81. The van der Waals surface area contributed by atoms with Gasteiger partial charge in [0.1, 0.15) is 11.9 Å². The first-order chi connectivity index (χ1) is 11.1. The van der Waals surface area contributed by atoms with Crippen molar-refractivity contribution in [3.8, 4) is 5.69 Å². The van der Waals surface area contributed by atoms with Gasteiger partial charge >= 0.3 is 5.97 Å². The van der Waals surface area contributed by atoms with Gasteiger partial charge in [-0.3, -0.25) is 4.79 Å². The Bertz CT molecular complexity index is 705. The minimum absolute atomic E-state index is 0.0277. The summed E-state index contributed by atoms with van der Waals surface area (Å²) >= 11 is 0. The van der Waals surface area contributed by atoms with Crippen LogP contribution in [0.4, 0.5) is 0 Å². The zero-order valence-corrected chi connectivity index (χ0v) is 12.6. The molecular formula is C16H18N4O3. The topological polar surface area (TPSA) is 97.1 Å². The van der Waals surface area contributed by atoms with E-state index in [1.807, 2.05) is 30.3 Å². The van der Waals surface area contributed by atoms with Crippen LogP contribution in [0.5, 0.6) is 0 Å². The Morgan fingerprint density at radius 1 is 1.13 bits per heavy atom. The summed E-state index contributed by atoms with van der Waals surface area (Å²) in [7, 11) is 0. The Labute approximate surface area is 133 Å². The van der Waals surface area contributed by atoms with Crippen molar-refractivity contribution in [1.82, 2.24) is 20.1 Å². The number of nitrogens with one attached hydrogen (secondary N) is 1. The number of carbonyl (C=O) groups excluding carboxylic acids is 1. The first-order valence-electron chi connectivity index (χ1n) is 7.64. The largest absolute Gasteiger partial charge is 0.480 e. The molecular weight excluding hydrogens is 296 g/mol. The molecule has 7 heteroatoms. The van der Waals surface area contributed by atoms with Crippen molar-refractivity contribution in [3.05, 3.63) is 42.5 Å². The number of carboxylic acids is 1. The van der Waals surface area contributed by atoms with Crippen LogP contribution in [-0.2, 0) is 4.79 Å². The maximum absolute atomic E-state index is 12.4. The van der Waals surface area contributed by atoms with E-state index in [4.69, 9.17) is 0 Å². The fourth-order valence-corrected chi connectivity index (χ4v) is 2.89. The van der Waals surface area contributed by atoms with E-state index in [2.05, 4.69) is 15.4 Å². The van der Waals surface area contributed by atoms with Gasteiger partial charge in [0.25, 0.3) is 5.91 Å². The lowest BCUT2D eigenvalue weighted by molar-refractivity contribution is -0.145. The number of para-hydroxylation sites is 1. The van der Waals surface area contributed by atoms with Gasteiger partial charge in [-0.1, -0.05) is 37.5 Å². The second-order valence-corrected chi connectivity index (χ2v) is 5.75. The number of hydrogen-bond acceptors (Lipinski definition) is 4. The molecule has 0 bridgehead atoms. The Kier molecular flexibility index (Phi) is 4.10. The molecule has 0 radical (unpaired) electrons. The maximum Gasteiger partial charge on any atom is 0.329 e.